The third kappa shape index (κ3) is 5.69. The van der Waals surface area contributed by atoms with Gasteiger partial charge in [-0.25, -0.2) is 8.42 Å². The molecule has 0 aliphatic heterocycles. The molecule has 0 aliphatic carbocycles. The molecular weight excluding hydrogens is 510 g/mol. The Labute approximate surface area is 213 Å². The fraction of sp³-hybridized carbons (Fsp3) is 0.208. The topological polar surface area (TPSA) is 128 Å². The van der Waals surface area contributed by atoms with Crippen LogP contribution in [0.2, 0.25) is 5.02 Å². The Morgan fingerprint density at radius 3 is 2.31 bits per heavy atom. The lowest BCUT2D eigenvalue weighted by atomic mass is 10.2. The third-order valence-corrected chi connectivity index (χ3v) is 7.39. The van der Waals surface area contributed by atoms with Crippen molar-refractivity contribution in [3.8, 4) is 11.5 Å². The summed E-state index contributed by atoms with van der Waals surface area (Å²) in [4.78, 5) is 23.5. The lowest BCUT2D eigenvalue weighted by Gasteiger charge is -2.25. The van der Waals surface area contributed by atoms with Crippen LogP contribution in [0.3, 0.4) is 0 Å². The van der Waals surface area contributed by atoms with Crippen LogP contribution in [0.1, 0.15) is 11.1 Å². The number of nitro benzene ring substituents is 1. The molecular formula is C24H24ClN3O7S. The van der Waals surface area contributed by atoms with Gasteiger partial charge in [-0.3, -0.25) is 19.2 Å². The summed E-state index contributed by atoms with van der Waals surface area (Å²) in [6.45, 7) is 2.74. The quantitative estimate of drug-likeness (QED) is 0.311. The van der Waals surface area contributed by atoms with E-state index in [1.807, 2.05) is 0 Å². The molecule has 12 heteroatoms. The molecule has 0 heterocycles. The number of carbonyl (C=O) groups excluding carboxylic acids is 1. The Hall–Kier alpha value is -3.83. The van der Waals surface area contributed by atoms with E-state index in [4.69, 9.17) is 21.1 Å². The zero-order valence-electron chi connectivity index (χ0n) is 19.9. The van der Waals surface area contributed by atoms with Crippen molar-refractivity contribution >= 4 is 44.6 Å². The number of methoxy groups -OCH3 is 2. The molecule has 0 saturated carbocycles. The lowest BCUT2D eigenvalue weighted by Crippen LogP contribution is -2.38. The van der Waals surface area contributed by atoms with Crippen LogP contribution in [0, 0.1) is 24.0 Å². The first-order chi connectivity index (χ1) is 17.0. The molecule has 3 aromatic carbocycles. The van der Waals surface area contributed by atoms with Crippen molar-refractivity contribution in [2.45, 2.75) is 18.7 Å². The number of nitrogens with zero attached hydrogens (tertiary/aromatic N) is 2. The van der Waals surface area contributed by atoms with Crippen molar-refractivity contribution in [2.24, 2.45) is 0 Å². The molecule has 0 saturated heterocycles. The number of anilines is 2. The average Bonchev–Trinajstić information content (AvgIpc) is 2.83. The number of benzene rings is 3. The Kier molecular flexibility index (Phi) is 8.06. The summed E-state index contributed by atoms with van der Waals surface area (Å²) in [7, 11) is -1.57. The monoisotopic (exact) mass is 533 g/mol. The number of hydrogen-bond acceptors (Lipinski definition) is 7. The number of non-ortho nitro benzene ring substituents is 1. The van der Waals surface area contributed by atoms with Crippen molar-refractivity contribution in [1.29, 1.82) is 0 Å². The first-order valence-corrected chi connectivity index (χ1v) is 12.4. The molecule has 0 spiro atoms. The van der Waals surface area contributed by atoms with Gasteiger partial charge < -0.3 is 14.8 Å². The number of halogens is 1. The molecule has 0 aromatic heterocycles. The van der Waals surface area contributed by atoms with E-state index in [0.717, 1.165) is 4.31 Å². The standard InChI is InChI=1S/C24H24ClN3O7S/c1-15-5-9-22(35-4)23(11-15)36(32,33)27(17-8-10-21(34-3)19(25)12-17)14-24(29)26-20-13-18(28(30)31)7-6-16(20)2/h5-13H,14H2,1-4H3,(H,26,29). The number of hydrogen-bond donors (Lipinski definition) is 1. The minimum absolute atomic E-state index is 0.0974. The second kappa shape index (κ2) is 10.8. The minimum atomic E-state index is -4.33. The number of nitrogens with one attached hydrogen (secondary N) is 1. The number of aryl methyl sites for hydroxylation is 2. The third-order valence-electron chi connectivity index (χ3n) is 5.30. The molecule has 1 N–H and O–H groups in total. The highest BCUT2D eigenvalue weighted by Crippen LogP contribution is 2.34. The summed E-state index contributed by atoms with van der Waals surface area (Å²) < 4.78 is 39.0. The predicted octanol–water partition coefficient (Wildman–Crippen LogP) is 4.72. The Bertz CT molecular complexity index is 1430. The molecule has 1 amide bonds. The first-order valence-electron chi connectivity index (χ1n) is 10.5. The van der Waals surface area contributed by atoms with E-state index in [1.165, 1.54) is 62.8 Å². The number of carbonyl (C=O) groups is 1. The van der Waals surface area contributed by atoms with E-state index in [2.05, 4.69) is 5.32 Å². The Morgan fingerprint density at radius 1 is 1.03 bits per heavy atom. The van der Waals surface area contributed by atoms with Crippen LogP contribution < -0.4 is 19.1 Å². The van der Waals surface area contributed by atoms with Crippen LogP contribution in [0.25, 0.3) is 0 Å². The van der Waals surface area contributed by atoms with Gasteiger partial charge in [-0.15, -0.1) is 0 Å². The number of ether oxygens (including phenoxy) is 2. The molecule has 0 radical (unpaired) electrons. The van der Waals surface area contributed by atoms with Gasteiger partial charge in [-0.2, -0.15) is 0 Å². The van der Waals surface area contributed by atoms with Crippen LogP contribution in [-0.4, -0.2) is 40.0 Å². The Morgan fingerprint density at radius 2 is 1.69 bits per heavy atom. The summed E-state index contributed by atoms with van der Waals surface area (Å²) in [5.74, 6) is -0.302. The highest BCUT2D eigenvalue weighted by molar-refractivity contribution is 7.93. The van der Waals surface area contributed by atoms with Crippen LogP contribution in [0.4, 0.5) is 17.1 Å². The van der Waals surface area contributed by atoms with Crippen LogP contribution in [-0.2, 0) is 14.8 Å². The maximum absolute atomic E-state index is 13.8. The normalized spacial score (nSPS) is 11.0. The first kappa shape index (κ1) is 26.8. The molecule has 190 valence electrons. The van der Waals surface area contributed by atoms with Gasteiger partial charge in [0.25, 0.3) is 15.7 Å². The maximum Gasteiger partial charge on any atom is 0.271 e. The second-order valence-electron chi connectivity index (χ2n) is 7.79. The zero-order chi connectivity index (χ0) is 26.6. The molecule has 0 aliphatic rings. The summed E-state index contributed by atoms with van der Waals surface area (Å²) in [5.41, 5.74) is 1.31. The van der Waals surface area contributed by atoms with Crippen molar-refractivity contribution in [1.82, 2.24) is 0 Å². The van der Waals surface area contributed by atoms with Crippen molar-refractivity contribution < 1.29 is 27.6 Å². The van der Waals surface area contributed by atoms with E-state index in [1.54, 1.807) is 19.9 Å². The number of nitro groups is 1. The van der Waals surface area contributed by atoms with Crippen LogP contribution >= 0.6 is 11.6 Å². The van der Waals surface area contributed by atoms with E-state index in [-0.39, 0.29) is 32.7 Å². The fourth-order valence-electron chi connectivity index (χ4n) is 3.41. The lowest BCUT2D eigenvalue weighted by molar-refractivity contribution is -0.384. The SMILES string of the molecule is COc1ccc(N(CC(=O)Nc2cc([N+](=O)[O-])ccc2C)S(=O)(=O)c2cc(C)ccc2OC)cc1Cl. The molecule has 10 nitrogen and oxygen atoms in total. The van der Waals surface area contributed by atoms with Crippen molar-refractivity contribution in [3.63, 3.8) is 0 Å². The van der Waals surface area contributed by atoms with Gasteiger partial charge >= 0.3 is 0 Å². The zero-order valence-corrected chi connectivity index (χ0v) is 21.5. The van der Waals surface area contributed by atoms with Gasteiger partial charge in [-0.1, -0.05) is 23.7 Å². The molecule has 0 atom stereocenters. The van der Waals surface area contributed by atoms with Crippen molar-refractivity contribution in [3.05, 3.63) is 80.9 Å². The summed E-state index contributed by atoms with van der Waals surface area (Å²) in [6.07, 6.45) is 0. The van der Waals surface area contributed by atoms with E-state index in [0.29, 0.717) is 16.9 Å². The Balaban J connectivity index is 2.07. The fourth-order valence-corrected chi connectivity index (χ4v) is 5.32. The van der Waals surface area contributed by atoms with Crippen molar-refractivity contribution in [2.75, 3.05) is 30.4 Å². The van der Waals surface area contributed by atoms with E-state index >= 15 is 0 Å². The number of sulfonamides is 1. The average molecular weight is 534 g/mol. The van der Waals surface area contributed by atoms with Gasteiger partial charge in [0.1, 0.15) is 22.9 Å². The van der Waals surface area contributed by atoms with Gasteiger partial charge in [0.2, 0.25) is 5.91 Å². The number of amides is 1. The molecule has 0 unspecified atom stereocenters. The highest BCUT2D eigenvalue weighted by Gasteiger charge is 2.31. The molecule has 0 bridgehead atoms. The van der Waals surface area contributed by atoms with Gasteiger partial charge in [-0.05, 0) is 55.3 Å². The summed E-state index contributed by atoms with van der Waals surface area (Å²) in [5, 5.41) is 13.9. The van der Waals surface area contributed by atoms with Gasteiger partial charge in [0, 0.05) is 12.1 Å². The van der Waals surface area contributed by atoms with Crippen LogP contribution in [0.15, 0.2) is 59.5 Å². The van der Waals surface area contributed by atoms with Gasteiger partial charge in [0.15, 0.2) is 0 Å². The number of rotatable bonds is 9. The van der Waals surface area contributed by atoms with E-state index < -0.39 is 27.4 Å². The van der Waals surface area contributed by atoms with E-state index in [9.17, 15) is 23.3 Å². The summed E-state index contributed by atoms with van der Waals surface area (Å²) >= 11 is 6.25. The molecule has 3 rings (SSSR count). The molecule has 3 aromatic rings. The minimum Gasteiger partial charge on any atom is -0.495 e. The van der Waals surface area contributed by atoms with Gasteiger partial charge in [0.05, 0.1) is 35.5 Å². The predicted molar refractivity (Wildman–Crippen MR) is 137 cm³/mol. The molecule has 0 fully saturated rings. The maximum atomic E-state index is 13.8. The second-order valence-corrected chi connectivity index (χ2v) is 10.0. The highest BCUT2D eigenvalue weighted by atomic mass is 35.5. The smallest absolute Gasteiger partial charge is 0.271 e. The van der Waals surface area contributed by atoms with Crippen LogP contribution in [0.5, 0.6) is 11.5 Å². The largest absolute Gasteiger partial charge is 0.495 e. The summed E-state index contributed by atoms with van der Waals surface area (Å²) in [6, 6.07) is 13.0. The molecule has 36 heavy (non-hydrogen) atoms.